The Bertz CT molecular complexity index is 1160. The van der Waals surface area contributed by atoms with Gasteiger partial charge < -0.3 is 5.32 Å². The SMILES string of the molecule is CCN(c1ccccc1)S(=O)(=O)c1ccccc1NC(=O)c1ccc([N+](=O)[O-])cc1. The summed E-state index contributed by atoms with van der Waals surface area (Å²) in [5.41, 5.74) is 0.658. The molecule has 0 fully saturated rings. The van der Waals surface area contributed by atoms with Gasteiger partial charge in [-0.25, -0.2) is 8.42 Å². The molecule has 0 bridgehead atoms. The molecule has 3 aromatic carbocycles. The number of nitro groups is 1. The van der Waals surface area contributed by atoms with E-state index < -0.39 is 20.9 Å². The lowest BCUT2D eigenvalue weighted by atomic mass is 10.2. The number of carbonyl (C=O) groups is 1. The van der Waals surface area contributed by atoms with E-state index in [1.165, 1.54) is 40.7 Å². The van der Waals surface area contributed by atoms with Gasteiger partial charge in [0.2, 0.25) is 0 Å². The molecule has 8 nitrogen and oxygen atoms in total. The second-order valence-corrected chi connectivity index (χ2v) is 8.09. The molecular weight excluding hydrogens is 406 g/mol. The topological polar surface area (TPSA) is 110 Å². The third-order valence-corrected chi connectivity index (χ3v) is 6.34. The first-order chi connectivity index (χ1) is 14.3. The first-order valence-corrected chi connectivity index (χ1v) is 10.5. The zero-order valence-corrected chi connectivity index (χ0v) is 16.9. The molecule has 154 valence electrons. The van der Waals surface area contributed by atoms with Gasteiger partial charge in [0.25, 0.3) is 21.6 Å². The van der Waals surface area contributed by atoms with Crippen LogP contribution >= 0.6 is 0 Å². The maximum atomic E-state index is 13.3. The van der Waals surface area contributed by atoms with E-state index in [0.717, 1.165) is 0 Å². The summed E-state index contributed by atoms with van der Waals surface area (Å²) < 4.78 is 27.9. The van der Waals surface area contributed by atoms with Crippen LogP contribution in [0.4, 0.5) is 17.1 Å². The van der Waals surface area contributed by atoms with Gasteiger partial charge in [-0.1, -0.05) is 30.3 Å². The lowest BCUT2D eigenvalue weighted by Gasteiger charge is -2.24. The van der Waals surface area contributed by atoms with Crippen molar-refractivity contribution in [3.8, 4) is 0 Å². The summed E-state index contributed by atoms with van der Waals surface area (Å²) in [5, 5.41) is 13.4. The molecule has 0 heterocycles. The van der Waals surface area contributed by atoms with E-state index in [-0.39, 0.29) is 28.4 Å². The fraction of sp³-hybridized carbons (Fsp3) is 0.0952. The molecule has 0 aliphatic heterocycles. The van der Waals surface area contributed by atoms with Crippen LogP contribution in [-0.2, 0) is 10.0 Å². The monoisotopic (exact) mass is 425 g/mol. The normalized spacial score (nSPS) is 11.0. The van der Waals surface area contributed by atoms with E-state index in [0.29, 0.717) is 5.69 Å². The van der Waals surface area contributed by atoms with Gasteiger partial charge in [0.1, 0.15) is 4.90 Å². The van der Waals surface area contributed by atoms with Crippen molar-refractivity contribution >= 4 is 33.0 Å². The number of rotatable bonds is 7. The van der Waals surface area contributed by atoms with E-state index in [1.807, 2.05) is 0 Å². The van der Waals surface area contributed by atoms with Crippen LogP contribution in [0.3, 0.4) is 0 Å². The summed E-state index contributed by atoms with van der Waals surface area (Å²) in [5.74, 6) is -0.574. The number of amides is 1. The number of benzene rings is 3. The van der Waals surface area contributed by atoms with Gasteiger partial charge in [0.15, 0.2) is 0 Å². The number of carbonyl (C=O) groups excluding carboxylic acids is 1. The Morgan fingerprint density at radius 2 is 1.57 bits per heavy atom. The van der Waals surface area contributed by atoms with Crippen LogP contribution in [0.25, 0.3) is 0 Å². The van der Waals surface area contributed by atoms with Crippen LogP contribution in [0.5, 0.6) is 0 Å². The van der Waals surface area contributed by atoms with E-state index >= 15 is 0 Å². The zero-order valence-electron chi connectivity index (χ0n) is 16.1. The quantitative estimate of drug-likeness (QED) is 0.453. The number of nitrogens with one attached hydrogen (secondary N) is 1. The lowest BCUT2D eigenvalue weighted by molar-refractivity contribution is -0.384. The molecule has 1 amide bonds. The molecule has 0 saturated heterocycles. The van der Waals surface area contributed by atoms with Crippen molar-refractivity contribution in [1.29, 1.82) is 0 Å². The first kappa shape index (κ1) is 21.0. The molecule has 3 aromatic rings. The molecule has 0 spiro atoms. The van der Waals surface area contributed by atoms with Crippen molar-refractivity contribution in [2.45, 2.75) is 11.8 Å². The van der Waals surface area contributed by atoms with Crippen LogP contribution in [0.15, 0.2) is 83.8 Å². The highest BCUT2D eigenvalue weighted by Crippen LogP contribution is 2.28. The van der Waals surface area contributed by atoms with Gasteiger partial charge in [0.05, 0.1) is 16.3 Å². The van der Waals surface area contributed by atoms with Crippen LogP contribution in [-0.4, -0.2) is 25.8 Å². The van der Waals surface area contributed by atoms with E-state index in [2.05, 4.69) is 5.32 Å². The molecule has 1 N–H and O–H groups in total. The number of nitrogens with zero attached hydrogens (tertiary/aromatic N) is 2. The molecule has 0 radical (unpaired) electrons. The standard InChI is InChI=1S/C21H19N3O5S/c1-2-23(17-8-4-3-5-9-17)30(28,29)20-11-7-6-10-19(20)22-21(25)16-12-14-18(15-13-16)24(26)27/h3-15H,2H2,1H3,(H,22,25). The predicted octanol–water partition coefficient (Wildman–Crippen LogP) is 4.06. The Kier molecular flexibility index (Phi) is 6.12. The van der Waals surface area contributed by atoms with Crippen molar-refractivity contribution in [1.82, 2.24) is 0 Å². The van der Waals surface area contributed by atoms with Crippen LogP contribution in [0, 0.1) is 10.1 Å². The summed E-state index contributed by atoms with van der Waals surface area (Å²) >= 11 is 0. The minimum absolute atomic E-state index is 0.0500. The minimum atomic E-state index is -3.95. The Labute approximate surface area is 174 Å². The van der Waals surface area contributed by atoms with Crippen molar-refractivity contribution in [3.63, 3.8) is 0 Å². The first-order valence-electron chi connectivity index (χ1n) is 9.07. The second-order valence-electron chi connectivity index (χ2n) is 6.26. The largest absolute Gasteiger partial charge is 0.321 e. The summed E-state index contributed by atoms with van der Waals surface area (Å²) in [6.07, 6.45) is 0. The molecule has 0 aliphatic rings. The van der Waals surface area contributed by atoms with Gasteiger partial charge in [-0.05, 0) is 43.3 Å². The molecule has 0 saturated carbocycles. The van der Waals surface area contributed by atoms with E-state index in [9.17, 15) is 23.3 Å². The maximum Gasteiger partial charge on any atom is 0.269 e. The van der Waals surface area contributed by atoms with E-state index in [4.69, 9.17) is 0 Å². The molecule has 30 heavy (non-hydrogen) atoms. The highest BCUT2D eigenvalue weighted by atomic mass is 32.2. The van der Waals surface area contributed by atoms with Gasteiger partial charge in [-0.2, -0.15) is 0 Å². The highest BCUT2D eigenvalue weighted by molar-refractivity contribution is 7.93. The smallest absolute Gasteiger partial charge is 0.269 e. The van der Waals surface area contributed by atoms with Gasteiger partial charge >= 0.3 is 0 Å². The number of sulfonamides is 1. The highest BCUT2D eigenvalue weighted by Gasteiger charge is 2.27. The van der Waals surface area contributed by atoms with E-state index in [1.54, 1.807) is 49.4 Å². The minimum Gasteiger partial charge on any atom is -0.321 e. The number of hydrogen-bond acceptors (Lipinski definition) is 5. The molecule has 9 heteroatoms. The van der Waals surface area contributed by atoms with Gasteiger partial charge in [-0.15, -0.1) is 0 Å². The molecule has 0 atom stereocenters. The number of anilines is 2. The van der Waals surface area contributed by atoms with Crippen molar-refractivity contribution in [3.05, 3.63) is 94.5 Å². The van der Waals surface area contributed by atoms with Crippen molar-refractivity contribution < 1.29 is 18.1 Å². The summed E-state index contributed by atoms with van der Waals surface area (Å²) in [4.78, 5) is 22.8. The number of nitro benzene ring substituents is 1. The Morgan fingerprint density at radius 3 is 2.17 bits per heavy atom. The number of hydrogen-bond donors (Lipinski definition) is 1. The lowest BCUT2D eigenvalue weighted by Crippen LogP contribution is -2.31. The summed E-state index contributed by atoms with van der Waals surface area (Å²) in [7, 11) is -3.95. The van der Waals surface area contributed by atoms with Crippen LogP contribution in [0.1, 0.15) is 17.3 Å². The fourth-order valence-corrected chi connectivity index (χ4v) is 4.55. The molecule has 0 unspecified atom stereocenters. The Morgan fingerprint density at radius 1 is 0.967 bits per heavy atom. The second kappa shape index (κ2) is 8.75. The predicted molar refractivity (Wildman–Crippen MR) is 114 cm³/mol. The number of para-hydroxylation sites is 2. The molecule has 3 rings (SSSR count). The third kappa shape index (κ3) is 4.31. The maximum absolute atomic E-state index is 13.3. The van der Waals surface area contributed by atoms with Crippen LogP contribution < -0.4 is 9.62 Å². The molecule has 0 aliphatic carbocycles. The van der Waals surface area contributed by atoms with Crippen molar-refractivity contribution in [2.24, 2.45) is 0 Å². The summed E-state index contributed by atoms with van der Waals surface area (Å²) in [6, 6.07) is 19.8. The van der Waals surface area contributed by atoms with Crippen LogP contribution in [0.2, 0.25) is 0 Å². The average Bonchev–Trinajstić information content (AvgIpc) is 2.75. The van der Waals surface area contributed by atoms with Crippen molar-refractivity contribution in [2.75, 3.05) is 16.2 Å². The fourth-order valence-electron chi connectivity index (χ4n) is 2.93. The average molecular weight is 425 g/mol. The number of non-ortho nitro benzene ring substituents is 1. The van der Waals surface area contributed by atoms with Gasteiger partial charge in [0, 0.05) is 24.2 Å². The Balaban J connectivity index is 1.93. The third-order valence-electron chi connectivity index (χ3n) is 4.38. The molecular formula is C21H19N3O5S. The zero-order chi connectivity index (χ0) is 21.7. The van der Waals surface area contributed by atoms with Gasteiger partial charge in [-0.3, -0.25) is 19.2 Å². The molecule has 0 aromatic heterocycles. The Hall–Kier alpha value is -3.72. The summed E-state index contributed by atoms with van der Waals surface area (Å²) in [6.45, 7) is 1.93.